The number of allylic oxidation sites excluding steroid dienone is 1. The summed E-state index contributed by atoms with van der Waals surface area (Å²) in [7, 11) is 0. The molecular weight excluding hydrogens is 773 g/mol. The molecule has 0 bridgehead atoms. The number of Topliss-reactive ketones (excluding diaryl/α,β-unsaturated/α-hetero) is 1. The van der Waals surface area contributed by atoms with E-state index in [0.717, 1.165) is 77.4 Å². The summed E-state index contributed by atoms with van der Waals surface area (Å²) < 4.78 is 27.0. The van der Waals surface area contributed by atoms with Crippen molar-refractivity contribution in [3.8, 4) is 0 Å². The van der Waals surface area contributed by atoms with Gasteiger partial charge in [-0.15, -0.1) is 0 Å². The zero-order valence-corrected chi connectivity index (χ0v) is 39.0. The lowest BCUT2D eigenvalue weighted by Gasteiger charge is -2.60. The number of carbonyl (C=O) groups excluding carboxylic acids is 1. The Morgan fingerprint density at radius 2 is 1.15 bits per heavy atom. The van der Waals surface area contributed by atoms with Crippen LogP contribution in [0.5, 0.6) is 0 Å². The number of ether oxygens (including phenoxy) is 4. The van der Waals surface area contributed by atoms with Crippen LogP contribution >= 0.6 is 0 Å². The topological polar surface area (TPSA) is 100 Å². The number of nitrogens with zero attached hydrogens (tertiary/aromatic N) is 2. The molecule has 5 heterocycles. The second kappa shape index (κ2) is 12.9. The van der Waals surface area contributed by atoms with Gasteiger partial charge in [0.15, 0.2) is 11.6 Å². The molecule has 2 spiro atoms. The van der Waals surface area contributed by atoms with E-state index in [-0.39, 0.29) is 58.2 Å². The minimum atomic E-state index is -0.539. The van der Waals surface area contributed by atoms with Crippen molar-refractivity contribution >= 4 is 5.78 Å². The molecular formula is C54H74N2O6. The molecule has 2 unspecified atom stereocenters. The molecule has 1 aromatic rings. The summed E-state index contributed by atoms with van der Waals surface area (Å²) in [6.07, 6.45) is 18.8. The number of aromatic nitrogens is 2. The van der Waals surface area contributed by atoms with Crippen LogP contribution in [0.2, 0.25) is 0 Å². The van der Waals surface area contributed by atoms with Crippen LogP contribution in [0.25, 0.3) is 0 Å². The van der Waals surface area contributed by atoms with Crippen molar-refractivity contribution in [3.05, 3.63) is 46.1 Å². The monoisotopic (exact) mass is 847 g/mol. The van der Waals surface area contributed by atoms with E-state index in [2.05, 4.69) is 67.5 Å². The van der Waals surface area contributed by atoms with Crippen molar-refractivity contribution in [3.63, 3.8) is 0 Å². The first-order valence-corrected chi connectivity index (χ1v) is 25.7. The van der Waals surface area contributed by atoms with E-state index in [1.54, 1.807) is 0 Å². The van der Waals surface area contributed by atoms with E-state index in [1.165, 1.54) is 53.2 Å². The molecule has 1 aromatic heterocycles. The average molecular weight is 847 g/mol. The molecule has 21 atom stereocenters. The van der Waals surface area contributed by atoms with Crippen molar-refractivity contribution in [2.75, 3.05) is 13.2 Å². The van der Waals surface area contributed by atoms with Gasteiger partial charge in [0.1, 0.15) is 5.78 Å². The Hall–Kier alpha value is -1.97. The Balaban J connectivity index is 0.763. The van der Waals surface area contributed by atoms with Gasteiger partial charge in [-0.05, 0) is 136 Å². The van der Waals surface area contributed by atoms with Gasteiger partial charge in [0, 0.05) is 48.3 Å². The third kappa shape index (κ3) is 4.91. The molecule has 8 nitrogen and oxygen atoms in total. The minimum Gasteiger partial charge on any atom is -0.392 e. The minimum absolute atomic E-state index is 0.0203. The lowest BCUT2D eigenvalue weighted by molar-refractivity contribution is -0.265. The van der Waals surface area contributed by atoms with Crippen LogP contribution < -0.4 is 0 Å². The molecule has 0 radical (unpaired) electrons. The summed E-state index contributed by atoms with van der Waals surface area (Å²) in [5.74, 6) is 4.12. The summed E-state index contributed by atoms with van der Waals surface area (Å²) in [5.41, 5.74) is 7.19. The van der Waals surface area contributed by atoms with Gasteiger partial charge in [-0.1, -0.05) is 71.8 Å². The average Bonchev–Trinajstić information content (AvgIpc) is 3.89. The summed E-state index contributed by atoms with van der Waals surface area (Å²) in [4.78, 5) is 26.1. The molecule has 8 heteroatoms. The van der Waals surface area contributed by atoms with Gasteiger partial charge in [0.05, 0.1) is 59.7 Å². The third-order valence-corrected chi connectivity index (χ3v) is 22.6. The number of ketones is 1. The Bertz CT molecular complexity index is 2170. The number of hydrogen-bond acceptors (Lipinski definition) is 8. The van der Waals surface area contributed by atoms with Crippen molar-refractivity contribution in [1.82, 2.24) is 9.97 Å². The Kier molecular flexibility index (Phi) is 8.40. The fourth-order valence-corrected chi connectivity index (χ4v) is 18.9. The maximum absolute atomic E-state index is 14.8. The van der Waals surface area contributed by atoms with E-state index in [4.69, 9.17) is 28.9 Å². The van der Waals surface area contributed by atoms with Crippen LogP contribution in [0.4, 0.5) is 0 Å². The summed E-state index contributed by atoms with van der Waals surface area (Å²) in [6.45, 7) is 20.5. The number of aliphatic hydroxyl groups excluding tert-OH is 1. The predicted molar refractivity (Wildman–Crippen MR) is 234 cm³/mol. The zero-order valence-electron chi connectivity index (χ0n) is 39.0. The maximum Gasteiger partial charge on any atom is 0.172 e. The number of rotatable bonds is 0. The largest absolute Gasteiger partial charge is 0.392 e. The molecule has 0 amide bonds. The first kappa shape index (κ1) is 40.3. The summed E-state index contributed by atoms with van der Waals surface area (Å²) in [5, 5.41) is 12.4. The molecule has 4 saturated carbocycles. The van der Waals surface area contributed by atoms with Gasteiger partial charge in [-0.25, -0.2) is 0 Å². The van der Waals surface area contributed by atoms with E-state index in [9.17, 15) is 9.90 Å². The fraction of sp³-hybridized carbons (Fsp3) is 0.833. The second-order valence-electron chi connectivity index (χ2n) is 25.2. The molecule has 4 saturated heterocycles. The smallest absolute Gasteiger partial charge is 0.172 e. The van der Waals surface area contributed by atoms with E-state index < -0.39 is 17.0 Å². The van der Waals surface area contributed by atoms with Gasteiger partial charge < -0.3 is 24.1 Å². The van der Waals surface area contributed by atoms with E-state index >= 15 is 0 Å². The van der Waals surface area contributed by atoms with Gasteiger partial charge in [0.25, 0.3) is 0 Å². The Morgan fingerprint density at radius 1 is 0.629 bits per heavy atom. The van der Waals surface area contributed by atoms with Crippen LogP contribution in [-0.2, 0) is 49.4 Å². The number of aliphatic hydroxyl groups is 1. The highest BCUT2D eigenvalue weighted by molar-refractivity contribution is 5.91. The predicted octanol–water partition coefficient (Wildman–Crippen LogP) is 9.19. The molecule has 1 N–H and O–H groups in total. The Morgan fingerprint density at radius 3 is 1.71 bits per heavy atom. The van der Waals surface area contributed by atoms with Crippen molar-refractivity contribution in [2.24, 2.45) is 92.7 Å². The van der Waals surface area contributed by atoms with Crippen LogP contribution in [-0.4, -0.2) is 64.0 Å². The van der Waals surface area contributed by atoms with E-state index in [1.807, 2.05) is 0 Å². The van der Waals surface area contributed by atoms with Crippen molar-refractivity contribution < 1.29 is 28.8 Å². The number of carbonyl (C=O) groups is 1. The van der Waals surface area contributed by atoms with Crippen LogP contribution in [0.3, 0.4) is 0 Å². The second-order valence-corrected chi connectivity index (χ2v) is 25.2. The number of fused-ring (bicyclic) bond motifs is 16. The van der Waals surface area contributed by atoms with Crippen LogP contribution in [0.1, 0.15) is 142 Å². The van der Waals surface area contributed by atoms with E-state index in [0.29, 0.717) is 59.5 Å². The Labute approximate surface area is 370 Å². The third-order valence-electron chi connectivity index (χ3n) is 22.6. The van der Waals surface area contributed by atoms with Gasteiger partial charge in [0.2, 0.25) is 0 Å². The molecule has 8 aliphatic carbocycles. The fourth-order valence-electron chi connectivity index (χ4n) is 18.9. The quantitative estimate of drug-likeness (QED) is 0.258. The highest BCUT2D eigenvalue weighted by Gasteiger charge is 2.71. The van der Waals surface area contributed by atoms with Crippen molar-refractivity contribution in [2.45, 2.75) is 175 Å². The summed E-state index contributed by atoms with van der Waals surface area (Å²) in [6, 6.07) is 0. The molecule has 4 aliphatic heterocycles. The first-order chi connectivity index (χ1) is 29.5. The molecule has 336 valence electrons. The van der Waals surface area contributed by atoms with Gasteiger partial charge >= 0.3 is 0 Å². The number of hydrogen-bond donors (Lipinski definition) is 1. The maximum atomic E-state index is 14.8. The first-order valence-electron chi connectivity index (χ1n) is 25.7. The SMILES string of the molecule is C[C@H]1CC[C@@]2(OC1)O[C@H]1C=C3[C@@H]4CCC5Cc6nc7c(nc6C[C@]5(C)[C@H]4CC(=O)[C@]3(C)[C@H]1[C@@H]2C)CC1CC[C@H]2C3=C[C@@H]4O[C@]5(CC[C@H](C)CO5)[C@@H](C)[C@@H]4[C@@]3(C)[C@H](O)C[C@@H]2[C@@]1(C)C7. The van der Waals surface area contributed by atoms with Gasteiger partial charge in [-0.3, -0.25) is 14.8 Å². The highest BCUT2D eigenvalue weighted by Crippen LogP contribution is 2.71. The lowest BCUT2D eigenvalue weighted by atomic mass is 9.45. The lowest BCUT2D eigenvalue weighted by Crippen LogP contribution is -2.58. The normalized spacial score (nSPS) is 56.6. The highest BCUT2D eigenvalue weighted by atomic mass is 16.7. The zero-order chi connectivity index (χ0) is 42.7. The summed E-state index contributed by atoms with van der Waals surface area (Å²) >= 11 is 0. The molecule has 0 aromatic carbocycles. The molecule has 12 aliphatic rings. The molecule has 62 heavy (non-hydrogen) atoms. The van der Waals surface area contributed by atoms with Crippen LogP contribution in [0, 0.1) is 92.7 Å². The van der Waals surface area contributed by atoms with Gasteiger partial charge in [-0.2, -0.15) is 0 Å². The standard InChI is InChI=1S/C54H74N2O6/c1-27-13-15-53(59-25-27)29(3)47-43(61-53)19-37-33-11-9-31-17-39-41(23-49(31,5)35(33)21-45(57)51(37,47)7)55-40-18-32-10-12-34-36(50(32,6)24-42(40)56-39)22-46(58)52(8)38(34)20-44-48(52)30(4)54(62-44)16-14-28(2)26-60-54/h19-20,27-36,43-45,47-48,57H,9-18,21-26H2,1-8H3/t27-,28-,29-,30-,31?,32?,33+,34+,35-,36-,43-,44-,45+,47-,48-,49-,50-,51+,52+,53+,54+/m0/s1. The molecule has 8 fully saturated rings. The van der Waals surface area contributed by atoms with Crippen LogP contribution in [0.15, 0.2) is 23.3 Å². The van der Waals surface area contributed by atoms with Crippen molar-refractivity contribution in [1.29, 1.82) is 0 Å². The molecule has 13 rings (SSSR count).